The van der Waals surface area contributed by atoms with Crippen LogP contribution in [0.4, 0.5) is 0 Å². The SMILES string of the molecule is CCc1cc(Cl)c(Cl)cc1OC. The number of hydrogen-bond acceptors (Lipinski definition) is 1. The lowest BCUT2D eigenvalue weighted by atomic mass is 10.1. The summed E-state index contributed by atoms with van der Waals surface area (Å²) in [6.07, 6.45) is 0.889. The molecule has 0 spiro atoms. The lowest BCUT2D eigenvalue weighted by molar-refractivity contribution is 0.410. The minimum Gasteiger partial charge on any atom is -0.496 e. The van der Waals surface area contributed by atoms with E-state index in [4.69, 9.17) is 27.9 Å². The summed E-state index contributed by atoms with van der Waals surface area (Å²) in [6.45, 7) is 2.04. The van der Waals surface area contributed by atoms with Gasteiger partial charge in [0.2, 0.25) is 0 Å². The minimum absolute atomic E-state index is 0.533. The molecule has 0 heterocycles. The maximum atomic E-state index is 5.83. The summed E-state index contributed by atoms with van der Waals surface area (Å²) in [5, 5.41) is 1.11. The molecule has 1 rings (SSSR count). The van der Waals surface area contributed by atoms with Gasteiger partial charge in [0.25, 0.3) is 0 Å². The summed E-state index contributed by atoms with van der Waals surface area (Å²) in [5.41, 5.74) is 1.08. The Hall–Kier alpha value is -0.400. The number of benzene rings is 1. The van der Waals surface area contributed by atoms with Crippen LogP contribution in [0.5, 0.6) is 5.75 Å². The molecule has 1 aromatic carbocycles. The molecule has 0 N–H and O–H groups in total. The number of ether oxygens (including phenoxy) is 1. The molecule has 0 aliphatic carbocycles. The van der Waals surface area contributed by atoms with Crippen molar-refractivity contribution >= 4 is 23.2 Å². The third-order valence-electron chi connectivity index (χ3n) is 1.70. The van der Waals surface area contributed by atoms with Crippen LogP contribution in [0, 0.1) is 0 Å². The van der Waals surface area contributed by atoms with Crippen LogP contribution in [0.15, 0.2) is 12.1 Å². The molecule has 0 amide bonds. The highest BCUT2D eigenvalue weighted by Crippen LogP contribution is 2.30. The normalized spacial score (nSPS) is 10.0. The van der Waals surface area contributed by atoms with Gasteiger partial charge in [0.1, 0.15) is 5.75 Å². The molecule has 0 fully saturated rings. The Labute approximate surface area is 82.2 Å². The standard InChI is InChI=1S/C9H10Cl2O/c1-3-6-4-7(10)8(11)5-9(6)12-2/h4-5H,3H2,1-2H3. The molecule has 0 aromatic heterocycles. The van der Waals surface area contributed by atoms with E-state index in [0.717, 1.165) is 17.7 Å². The first-order chi connectivity index (χ1) is 5.69. The fraction of sp³-hybridized carbons (Fsp3) is 0.333. The number of rotatable bonds is 2. The number of aryl methyl sites for hydroxylation is 1. The third kappa shape index (κ3) is 1.85. The van der Waals surface area contributed by atoms with Crippen LogP contribution in [0.2, 0.25) is 10.0 Å². The summed E-state index contributed by atoms with van der Waals surface area (Å²) >= 11 is 11.6. The average Bonchev–Trinajstić information content (AvgIpc) is 2.09. The molecule has 0 aliphatic heterocycles. The van der Waals surface area contributed by atoms with Crippen LogP contribution < -0.4 is 4.74 Å². The van der Waals surface area contributed by atoms with Crippen molar-refractivity contribution in [3.05, 3.63) is 27.7 Å². The lowest BCUT2D eigenvalue weighted by Crippen LogP contribution is -1.90. The topological polar surface area (TPSA) is 9.23 Å². The van der Waals surface area contributed by atoms with Gasteiger partial charge in [-0.1, -0.05) is 30.1 Å². The largest absolute Gasteiger partial charge is 0.496 e. The maximum Gasteiger partial charge on any atom is 0.123 e. The predicted molar refractivity (Wildman–Crippen MR) is 52.4 cm³/mol. The molecule has 0 aliphatic rings. The first-order valence-corrected chi connectivity index (χ1v) is 4.46. The van der Waals surface area contributed by atoms with E-state index in [9.17, 15) is 0 Å². The summed E-state index contributed by atoms with van der Waals surface area (Å²) in [6, 6.07) is 3.57. The molecule has 0 radical (unpaired) electrons. The van der Waals surface area contributed by atoms with Crippen molar-refractivity contribution in [3.8, 4) is 5.75 Å². The van der Waals surface area contributed by atoms with Crippen LogP contribution in [0.25, 0.3) is 0 Å². The third-order valence-corrected chi connectivity index (χ3v) is 2.43. The maximum absolute atomic E-state index is 5.83. The Kier molecular flexibility index (Phi) is 3.24. The Bertz CT molecular complexity index is 255. The van der Waals surface area contributed by atoms with Gasteiger partial charge in [0.05, 0.1) is 17.2 Å². The van der Waals surface area contributed by atoms with E-state index in [1.807, 2.05) is 13.0 Å². The molecular weight excluding hydrogens is 195 g/mol. The predicted octanol–water partition coefficient (Wildman–Crippen LogP) is 3.56. The van der Waals surface area contributed by atoms with Crippen molar-refractivity contribution in [1.82, 2.24) is 0 Å². The Morgan fingerprint density at radius 1 is 1.25 bits per heavy atom. The van der Waals surface area contributed by atoms with Crippen LogP contribution in [-0.4, -0.2) is 7.11 Å². The van der Waals surface area contributed by atoms with Gasteiger partial charge in [-0.2, -0.15) is 0 Å². The van der Waals surface area contributed by atoms with Gasteiger partial charge in [-0.3, -0.25) is 0 Å². The zero-order chi connectivity index (χ0) is 9.14. The van der Waals surface area contributed by atoms with Gasteiger partial charge < -0.3 is 4.74 Å². The fourth-order valence-electron chi connectivity index (χ4n) is 1.04. The monoisotopic (exact) mass is 204 g/mol. The van der Waals surface area contributed by atoms with Crippen molar-refractivity contribution in [1.29, 1.82) is 0 Å². The van der Waals surface area contributed by atoms with E-state index < -0.39 is 0 Å². The minimum atomic E-state index is 0.533. The van der Waals surface area contributed by atoms with E-state index in [1.165, 1.54) is 0 Å². The zero-order valence-corrected chi connectivity index (χ0v) is 8.54. The molecule has 0 saturated carbocycles. The van der Waals surface area contributed by atoms with Crippen molar-refractivity contribution in [2.45, 2.75) is 13.3 Å². The smallest absolute Gasteiger partial charge is 0.123 e. The van der Waals surface area contributed by atoms with Gasteiger partial charge in [0, 0.05) is 6.07 Å². The second-order valence-electron chi connectivity index (χ2n) is 2.43. The molecule has 0 unspecified atom stereocenters. The highest BCUT2D eigenvalue weighted by atomic mass is 35.5. The van der Waals surface area contributed by atoms with E-state index in [0.29, 0.717) is 10.0 Å². The van der Waals surface area contributed by atoms with E-state index in [2.05, 4.69) is 0 Å². The van der Waals surface area contributed by atoms with E-state index in [1.54, 1.807) is 13.2 Å². The Morgan fingerprint density at radius 3 is 2.33 bits per heavy atom. The molecule has 0 bridgehead atoms. The number of hydrogen-bond donors (Lipinski definition) is 0. The second kappa shape index (κ2) is 4.01. The van der Waals surface area contributed by atoms with Crippen molar-refractivity contribution in [3.63, 3.8) is 0 Å². The first kappa shape index (κ1) is 9.69. The van der Waals surface area contributed by atoms with Gasteiger partial charge in [0.15, 0.2) is 0 Å². The summed E-state index contributed by atoms with van der Waals surface area (Å²) in [5.74, 6) is 0.798. The second-order valence-corrected chi connectivity index (χ2v) is 3.25. The highest BCUT2D eigenvalue weighted by Gasteiger charge is 2.05. The van der Waals surface area contributed by atoms with E-state index >= 15 is 0 Å². The zero-order valence-electron chi connectivity index (χ0n) is 7.03. The quantitative estimate of drug-likeness (QED) is 0.717. The fourth-order valence-corrected chi connectivity index (χ4v) is 1.38. The molecule has 1 aromatic rings. The van der Waals surface area contributed by atoms with Crippen LogP contribution in [0.1, 0.15) is 12.5 Å². The summed E-state index contributed by atoms with van der Waals surface area (Å²) in [7, 11) is 1.62. The van der Waals surface area contributed by atoms with Crippen LogP contribution in [0.3, 0.4) is 0 Å². The molecule has 0 saturated heterocycles. The van der Waals surface area contributed by atoms with Gasteiger partial charge in [-0.15, -0.1) is 0 Å². The molecular formula is C9H10Cl2O. The van der Waals surface area contributed by atoms with Gasteiger partial charge >= 0.3 is 0 Å². The lowest BCUT2D eigenvalue weighted by Gasteiger charge is -2.07. The number of methoxy groups -OCH3 is 1. The van der Waals surface area contributed by atoms with Crippen LogP contribution in [-0.2, 0) is 6.42 Å². The summed E-state index contributed by atoms with van der Waals surface area (Å²) in [4.78, 5) is 0. The summed E-state index contributed by atoms with van der Waals surface area (Å²) < 4.78 is 5.13. The average molecular weight is 205 g/mol. The van der Waals surface area contributed by atoms with Gasteiger partial charge in [-0.25, -0.2) is 0 Å². The molecule has 12 heavy (non-hydrogen) atoms. The molecule has 0 atom stereocenters. The molecule has 66 valence electrons. The Balaban J connectivity index is 3.19. The molecule has 1 nitrogen and oxygen atoms in total. The van der Waals surface area contributed by atoms with Crippen molar-refractivity contribution in [2.75, 3.05) is 7.11 Å². The van der Waals surface area contributed by atoms with E-state index in [-0.39, 0.29) is 0 Å². The first-order valence-electron chi connectivity index (χ1n) is 3.71. The number of halogens is 2. The molecule has 3 heteroatoms. The van der Waals surface area contributed by atoms with Gasteiger partial charge in [-0.05, 0) is 18.1 Å². The van der Waals surface area contributed by atoms with Crippen LogP contribution >= 0.6 is 23.2 Å². The highest BCUT2D eigenvalue weighted by molar-refractivity contribution is 6.42. The Morgan fingerprint density at radius 2 is 1.83 bits per heavy atom. The van der Waals surface area contributed by atoms with Crippen molar-refractivity contribution < 1.29 is 4.74 Å². The van der Waals surface area contributed by atoms with Crippen molar-refractivity contribution in [2.24, 2.45) is 0 Å².